The van der Waals surface area contributed by atoms with Crippen LogP contribution in [-0.4, -0.2) is 62.5 Å². The number of hydrogen-bond acceptors (Lipinski definition) is 3. The Bertz CT molecular complexity index is 871. The number of carbonyl (C=O) groups is 2. The number of amides is 2. The van der Waals surface area contributed by atoms with Crippen molar-refractivity contribution in [2.75, 3.05) is 19.6 Å². The monoisotopic (exact) mass is 367 g/mol. The third-order valence-electron chi connectivity index (χ3n) is 6.54. The number of carbonyl (C=O) groups excluding carboxylic acids is 2. The fraction of sp³-hybridized carbons (Fsp3) is 0.550. The lowest BCUT2D eigenvalue weighted by Gasteiger charge is -2.25. The van der Waals surface area contributed by atoms with E-state index < -0.39 is 0 Å². The lowest BCUT2D eigenvalue weighted by atomic mass is 9.87. The summed E-state index contributed by atoms with van der Waals surface area (Å²) in [5.41, 5.74) is 3.53. The van der Waals surface area contributed by atoms with Crippen LogP contribution in [0, 0.1) is 11.8 Å². The van der Waals surface area contributed by atoms with E-state index >= 15 is 0 Å². The van der Waals surface area contributed by atoms with Crippen molar-refractivity contribution in [2.45, 2.75) is 38.6 Å². The zero-order chi connectivity index (χ0) is 18.5. The number of H-pyrrole nitrogens is 2. The van der Waals surface area contributed by atoms with Crippen LogP contribution in [-0.2, 0) is 12.8 Å². The highest BCUT2D eigenvalue weighted by Gasteiger charge is 2.45. The van der Waals surface area contributed by atoms with E-state index in [0.29, 0.717) is 29.6 Å². The molecule has 0 bridgehead atoms. The number of aromatic amines is 2. The maximum absolute atomic E-state index is 13.3. The largest absolute Gasteiger partial charge is 0.367 e. The van der Waals surface area contributed by atoms with Crippen LogP contribution in [0.3, 0.4) is 0 Å². The average Bonchev–Trinajstić information content (AvgIpc) is 3.42. The zero-order valence-corrected chi connectivity index (χ0v) is 15.6. The van der Waals surface area contributed by atoms with Gasteiger partial charge in [0.05, 0.1) is 11.6 Å². The highest BCUT2D eigenvalue weighted by molar-refractivity contribution is 5.96. The molecule has 2 amide bonds. The summed E-state index contributed by atoms with van der Waals surface area (Å²) in [4.78, 5) is 32.7. The first-order valence-electron chi connectivity index (χ1n) is 9.91. The fourth-order valence-electron chi connectivity index (χ4n) is 5.00. The molecule has 3 aliphatic rings. The van der Waals surface area contributed by atoms with Crippen LogP contribution in [0.1, 0.15) is 51.9 Å². The van der Waals surface area contributed by atoms with E-state index in [0.717, 1.165) is 50.0 Å². The highest BCUT2D eigenvalue weighted by Crippen LogP contribution is 2.34. The van der Waals surface area contributed by atoms with Gasteiger partial charge in [-0.25, -0.2) is 0 Å². The lowest BCUT2D eigenvalue weighted by molar-refractivity contribution is 0.0684. The number of aromatic nitrogens is 3. The van der Waals surface area contributed by atoms with Gasteiger partial charge < -0.3 is 14.8 Å². The first kappa shape index (κ1) is 16.6. The van der Waals surface area contributed by atoms with Gasteiger partial charge in [0.2, 0.25) is 0 Å². The van der Waals surface area contributed by atoms with E-state index in [2.05, 4.69) is 22.1 Å². The summed E-state index contributed by atoms with van der Waals surface area (Å²) in [5, 5.41) is 7.48. The molecule has 3 atom stereocenters. The summed E-state index contributed by atoms with van der Waals surface area (Å²) >= 11 is 0. The number of nitrogens with zero attached hydrogens (tertiary/aromatic N) is 3. The number of nitrogens with one attached hydrogen (secondary N) is 2. The van der Waals surface area contributed by atoms with Gasteiger partial charge in [-0.2, -0.15) is 5.10 Å². The quantitative estimate of drug-likeness (QED) is 0.849. The number of rotatable bonds is 2. The molecule has 0 spiro atoms. The van der Waals surface area contributed by atoms with Gasteiger partial charge in [-0.15, -0.1) is 0 Å². The lowest BCUT2D eigenvalue weighted by Crippen LogP contribution is -2.41. The Morgan fingerprint density at radius 1 is 1.22 bits per heavy atom. The van der Waals surface area contributed by atoms with Crippen molar-refractivity contribution in [3.63, 3.8) is 0 Å². The van der Waals surface area contributed by atoms with Crippen molar-refractivity contribution in [3.05, 3.63) is 41.0 Å². The van der Waals surface area contributed by atoms with Gasteiger partial charge in [0.25, 0.3) is 11.8 Å². The van der Waals surface area contributed by atoms with E-state index in [-0.39, 0.29) is 17.9 Å². The minimum atomic E-state index is 0.0324. The topological polar surface area (TPSA) is 85.1 Å². The minimum absolute atomic E-state index is 0.0324. The molecule has 7 heteroatoms. The standard InChI is InChI=1S/C20H25N5O2/c1-12-2-3-16-15(8-12)18(23-22-16)20(27)25-7-5-14-10-24(11-17(14)25)19(26)13-4-6-21-9-13/h4,6,9,12,14,17,21H,2-3,5,7-8,10-11H2,1H3,(H,22,23)/t12?,14-,17+/m1/s1. The predicted molar refractivity (Wildman–Crippen MR) is 99.4 cm³/mol. The molecule has 0 aromatic carbocycles. The van der Waals surface area contributed by atoms with Gasteiger partial charge in [0.15, 0.2) is 5.69 Å². The van der Waals surface area contributed by atoms with Crippen LogP contribution >= 0.6 is 0 Å². The van der Waals surface area contributed by atoms with E-state index in [1.54, 1.807) is 18.5 Å². The Morgan fingerprint density at radius 3 is 2.93 bits per heavy atom. The van der Waals surface area contributed by atoms with Crippen molar-refractivity contribution in [2.24, 2.45) is 11.8 Å². The average molecular weight is 367 g/mol. The maximum Gasteiger partial charge on any atom is 0.274 e. The number of likely N-dealkylation sites (tertiary alicyclic amines) is 2. The van der Waals surface area contributed by atoms with Crippen LogP contribution < -0.4 is 0 Å². The molecule has 142 valence electrons. The molecule has 2 aromatic heterocycles. The molecule has 0 saturated carbocycles. The number of fused-ring (bicyclic) bond motifs is 2. The molecular weight excluding hydrogens is 342 g/mol. The molecule has 5 rings (SSSR count). The van der Waals surface area contributed by atoms with Crippen LogP contribution in [0.25, 0.3) is 0 Å². The van der Waals surface area contributed by atoms with Gasteiger partial charge in [-0.3, -0.25) is 14.7 Å². The van der Waals surface area contributed by atoms with E-state index in [4.69, 9.17) is 0 Å². The number of aryl methyl sites for hydroxylation is 1. The molecule has 1 aliphatic carbocycles. The zero-order valence-electron chi connectivity index (χ0n) is 15.6. The smallest absolute Gasteiger partial charge is 0.274 e. The van der Waals surface area contributed by atoms with E-state index in [9.17, 15) is 9.59 Å². The van der Waals surface area contributed by atoms with Crippen molar-refractivity contribution < 1.29 is 9.59 Å². The molecule has 27 heavy (non-hydrogen) atoms. The molecule has 2 saturated heterocycles. The van der Waals surface area contributed by atoms with Gasteiger partial charge in [-0.1, -0.05) is 6.92 Å². The summed E-state index contributed by atoms with van der Waals surface area (Å²) in [5.74, 6) is 1.04. The molecule has 1 unspecified atom stereocenters. The van der Waals surface area contributed by atoms with Crippen molar-refractivity contribution in [1.29, 1.82) is 0 Å². The van der Waals surface area contributed by atoms with E-state index in [1.807, 2.05) is 9.80 Å². The van der Waals surface area contributed by atoms with Crippen molar-refractivity contribution >= 4 is 11.8 Å². The first-order valence-corrected chi connectivity index (χ1v) is 9.91. The Morgan fingerprint density at radius 2 is 2.11 bits per heavy atom. The van der Waals surface area contributed by atoms with Crippen molar-refractivity contribution in [1.82, 2.24) is 25.0 Å². The Hall–Kier alpha value is -2.57. The molecule has 2 fully saturated rings. The second kappa shape index (κ2) is 6.25. The summed E-state index contributed by atoms with van der Waals surface area (Å²) in [6, 6.07) is 1.91. The van der Waals surface area contributed by atoms with Crippen LogP contribution in [0.4, 0.5) is 0 Å². The number of hydrogen-bond donors (Lipinski definition) is 2. The second-order valence-corrected chi connectivity index (χ2v) is 8.30. The molecule has 7 nitrogen and oxygen atoms in total. The normalized spacial score (nSPS) is 26.9. The maximum atomic E-state index is 13.3. The first-order chi connectivity index (χ1) is 13.1. The molecule has 2 aliphatic heterocycles. The Labute approximate surface area is 158 Å². The van der Waals surface area contributed by atoms with Gasteiger partial charge in [0.1, 0.15) is 0 Å². The molecule has 0 radical (unpaired) electrons. The van der Waals surface area contributed by atoms with Crippen LogP contribution in [0.15, 0.2) is 18.5 Å². The van der Waals surface area contributed by atoms with Gasteiger partial charge in [0, 0.05) is 49.2 Å². The molecule has 2 aromatic rings. The fourth-order valence-corrected chi connectivity index (χ4v) is 5.00. The Kier molecular flexibility index (Phi) is 3.84. The minimum Gasteiger partial charge on any atom is -0.367 e. The Balaban J connectivity index is 1.34. The van der Waals surface area contributed by atoms with Crippen LogP contribution in [0.5, 0.6) is 0 Å². The summed E-state index contributed by atoms with van der Waals surface area (Å²) in [7, 11) is 0. The predicted octanol–water partition coefficient (Wildman–Crippen LogP) is 1.85. The SMILES string of the molecule is CC1CCc2[nH]nc(C(=O)N3CC[C@@H]4CN(C(=O)c5cc[nH]c5)C[C@@H]43)c2C1. The molecule has 2 N–H and O–H groups in total. The van der Waals surface area contributed by atoms with Gasteiger partial charge in [-0.05, 0) is 37.7 Å². The van der Waals surface area contributed by atoms with Crippen LogP contribution in [0.2, 0.25) is 0 Å². The molecule has 4 heterocycles. The summed E-state index contributed by atoms with van der Waals surface area (Å²) < 4.78 is 0. The highest BCUT2D eigenvalue weighted by atomic mass is 16.2. The third kappa shape index (κ3) is 2.67. The third-order valence-corrected chi connectivity index (χ3v) is 6.54. The summed E-state index contributed by atoms with van der Waals surface area (Å²) in [6.07, 6.45) is 7.50. The van der Waals surface area contributed by atoms with E-state index in [1.165, 1.54) is 0 Å². The second-order valence-electron chi connectivity index (χ2n) is 8.30. The molecular formula is C20H25N5O2. The van der Waals surface area contributed by atoms with Crippen molar-refractivity contribution in [3.8, 4) is 0 Å². The summed E-state index contributed by atoms with van der Waals surface area (Å²) in [6.45, 7) is 4.34. The van der Waals surface area contributed by atoms with Gasteiger partial charge >= 0.3 is 0 Å².